The highest BCUT2D eigenvalue weighted by Gasteiger charge is 2.28. The van der Waals surface area contributed by atoms with Gasteiger partial charge in [0.25, 0.3) is 0 Å². The first kappa shape index (κ1) is 11.7. The third kappa shape index (κ3) is 2.50. The predicted molar refractivity (Wildman–Crippen MR) is 70.1 cm³/mol. The van der Waals surface area contributed by atoms with Gasteiger partial charge in [-0.1, -0.05) is 43.4 Å². The molecule has 0 saturated carbocycles. The minimum absolute atomic E-state index is 0.153. The summed E-state index contributed by atoms with van der Waals surface area (Å²) in [6.45, 7) is 4.05. The van der Waals surface area contributed by atoms with Crippen LogP contribution in [0.5, 0.6) is 0 Å². The van der Waals surface area contributed by atoms with Crippen LogP contribution in [0.4, 0.5) is 5.69 Å². The molecule has 1 aliphatic rings. The molecule has 1 aromatic rings. The molecule has 0 aliphatic heterocycles. The summed E-state index contributed by atoms with van der Waals surface area (Å²) in [4.78, 5) is 0. The average molecular weight is 227 g/mol. The molecule has 2 unspecified atom stereocenters. The van der Waals surface area contributed by atoms with Crippen LogP contribution < -0.4 is 5.73 Å². The fourth-order valence-electron chi connectivity index (χ4n) is 1.69. The molecule has 3 heteroatoms. The highest BCUT2D eigenvalue weighted by atomic mass is 15.2. The monoisotopic (exact) mass is 227 g/mol. The van der Waals surface area contributed by atoms with Crippen LogP contribution in [-0.4, -0.2) is 5.66 Å². The smallest absolute Gasteiger partial charge is 0.154 e. The summed E-state index contributed by atoms with van der Waals surface area (Å²) in [5.41, 5.74) is 7.44. The van der Waals surface area contributed by atoms with Gasteiger partial charge in [-0.3, -0.25) is 0 Å². The quantitative estimate of drug-likeness (QED) is 0.772. The second-order valence-corrected chi connectivity index (χ2v) is 4.41. The summed E-state index contributed by atoms with van der Waals surface area (Å²) in [6, 6.07) is 7.88. The van der Waals surface area contributed by atoms with E-state index in [9.17, 15) is 0 Å². The molecule has 0 heterocycles. The molecule has 0 saturated heterocycles. The second-order valence-electron chi connectivity index (χ2n) is 4.41. The van der Waals surface area contributed by atoms with Gasteiger partial charge in [0.1, 0.15) is 0 Å². The van der Waals surface area contributed by atoms with Crippen molar-refractivity contribution in [1.82, 2.24) is 0 Å². The van der Waals surface area contributed by atoms with E-state index in [1.54, 1.807) is 0 Å². The Balaban J connectivity index is 2.24. The van der Waals surface area contributed by atoms with Gasteiger partial charge in [-0.15, -0.1) is 0 Å². The predicted octanol–water partition coefficient (Wildman–Crippen LogP) is 3.50. The number of allylic oxidation sites excluding steroid dienone is 2. The van der Waals surface area contributed by atoms with Crippen molar-refractivity contribution in [1.29, 1.82) is 0 Å². The largest absolute Gasteiger partial charge is 0.302 e. The molecule has 2 atom stereocenters. The summed E-state index contributed by atoms with van der Waals surface area (Å²) in [5, 5.41) is 8.56. The third-order valence-corrected chi connectivity index (χ3v) is 3.05. The summed E-state index contributed by atoms with van der Waals surface area (Å²) < 4.78 is 0. The van der Waals surface area contributed by atoms with E-state index in [1.807, 2.05) is 62.4 Å². The molecule has 0 radical (unpaired) electrons. The number of hydrogen-bond donors (Lipinski definition) is 1. The van der Waals surface area contributed by atoms with Crippen molar-refractivity contribution >= 4 is 5.69 Å². The van der Waals surface area contributed by atoms with E-state index in [-0.39, 0.29) is 5.92 Å². The first-order valence-electron chi connectivity index (χ1n) is 5.75. The van der Waals surface area contributed by atoms with Gasteiger partial charge in [0, 0.05) is 5.92 Å². The second kappa shape index (κ2) is 4.63. The van der Waals surface area contributed by atoms with E-state index in [0.717, 1.165) is 11.3 Å². The molecule has 88 valence electrons. The minimum Gasteiger partial charge on any atom is -0.302 e. The number of nitrogens with zero attached hydrogens (tertiary/aromatic N) is 2. The van der Waals surface area contributed by atoms with E-state index in [4.69, 9.17) is 5.73 Å². The van der Waals surface area contributed by atoms with Crippen molar-refractivity contribution in [3.05, 3.63) is 54.1 Å². The van der Waals surface area contributed by atoms with Crippen LogP contribution in [0.15, 0.2) is 58.8 Å². The Bertz CT molecular complexity index is 488. The van der Waals surface area contributed by atoms with Gasteiger partial charge in [0.15, 0.2) is 5.66 Å². The zero-order valence-corrected chi connectivity index (χ0v) is 10.2. The maximum absolute atomic E-state index is 6.20. The highest BCUT2D eigenvalue weighted by Crippen LogP contribution is 2.26. The minimum atomic E-state index is -0.725. The molecule has 17 heavy (non-hydrogen) atoms. The summed E-state index contributed by atoms with van der Waals surface area (Å²) in [6.07, 6.45) is 7.83. The Labute approximate surface area is 102 Å². The first-order valence-corrected chi connectivity index (χ1v) is 5.75. The lowest BCUT2D eigenvalue weighted by molar-refractivity contribution is 0.417. The molecular weight excluding hydrogens is 210 g/mol. The zero-order valence-electron chi connectivity index (χ0n) is 10.2. The topological polar surface area (TPSA) is 50.7 Å². The van der Waals surface area contributed by atoms with Crippen LogP contribution in [0, 0.1) is 12.8 Å². The normalized spacial score (nSPS) is 27.8. The number of benzene rings is 1. The van der Waals surface area contributed by atoms with Gasteiger partial charge in [0.05, 0.1) is 5.69 Å². The number of aryl methyl sites for hydroxylation is 1. The third-order valence-electron chi connectivity index (χ3n) is 3.05. The number of hydrogen-bond acceptors (Lipinski definition) is 3. The van der Waals surface area contributed by atoms with E-state index in [1.165, 1.54) is 0 Å². The fraction of sp³-hybridized carbons (Fsp3) is 0.286. The van der Waals surface area contributed by atoms with Crippen LogP contribution in [0.3, 0.4) is 0 Å². The molecular formula is C14H17N3. The van der Waals surface area contributed by atoms with Crippen LogP contribution in [0.1, 0.15) is 12.5 Å². The van der Waals surface area contributed by atoms with Crippen molar-refractivity contribution < 1.29 is 0 Å². The van der Waals surface area contributed by atoms with Crippen LogP contribution in [0.2, 0.25) is 0 Å². The lowest BCUT2D eigenvalue weighted by Crippen LogP contribution is -2.42. The molecule has 2 N–H and O–H groups in total. The fourth-order valence-corrected chi connectivity index (χ4v) is 1.69. The molecule has 2 rings (SSSR count). The molecule has 3 nitrogen and oxygen atoms in total. The van der Waals surface area contributed by atoms with E-state index < -0.39 is 5.66 Å². The summed E-state index contributed by atoms with van der Waals surface area (Å²) in [7, 11) is 0. The van der Waals surface area contributed by atoms with Gasteiger partial charge in [-0.05, 0) is 24.6 Å². The molecule has 0 amide bonds. The summed E-state index contributed by atoms with van der Waals surface area (Å²) >= 11 is 0. The Morgan fingerprint density at radius 2 is 2.00 bits per heavy atom. The average Bonchev–Trinajstić information content (AvgIpc) is 2.32. The molecule has 1 aliphatic carbocycles. The standard InChI is InChI=1S/C14H17N3/c1-11-7-3-4-9-13(11)16-17-14(15)10-6-5-8-12(14)2/h3-10,12H,15H2,1-2H3. The molecule has 0 fully saturated rings. The Morgan fingerprint density at radius 3 is 2.71 bits per heavy atom. The lowest BCUT2D eigenvalue weighted by Gasteiger charge is -2.26. The van der Waals surface area contributed by atoms with Gasteiger partial charge < -0.3 is 5.73 Å². The molecule has 1 aromatic carbocycles. The van der Waals surface area contributed by atoms with E-state index in [2.05, 4.69) is 10.2 Å². The Hall–Kier alpha value is -1.74. The van der Waals surface area contributed by atoms with Crippen LogP contribution in [-0.2, 0) is 0 Å². The van der Waals surface area contributed by atoms with E-state index >= 15 is 0 Å². The highest BCUT2D eigenvalue weighted by molar-refractivity contribution is 5.44. The summed E-state index contributed by atoms with van der Waals surface area (Å²) in [5.74, 6) is 0.153. The van der Waals surface area contributed by atoms with Crippen molar-refractivity contribution in [3.8, 4) is 0 Å². The molecule has 0 spiro atoms. The number of azo groups is 1. The SMILES string of the molecule is Cc1ccccc1N=NC1(N)C=CC=CC1C. The van der Waals surface area contributed by atoms with E-state index in [0.29, 0.717) is 0 Å². The molecule has 0 bridgehead atoms. The Kier molecular flexibility index (Phi) is 3.20. The van der Waals surface area contributed by atoms with Crippen molar-refractivity contribution in [3.63, 3.8) is 0 Å². The van der Waals surface area contributed by atoms with Crippen LogP contribution in [0.25, 0.3) is 0 Å². The van der Waals surface area contributed by atoms with Crippen molar-refractivity contribution in [2.24, 2.45) is 21.9 Å². The van der Waals surface area contributed by atoms with Crippen LogP contribution >= 0.6 is 0 Å². The van der Waals surface area contributed by atoms with Gasteiger partial charge in [-0.25, -0.2) is 0 Å². The van der Waals surface area contributed by atoms with Crippen molar-refractivity contribution in [2.45, 2.75) is 19.5 Å². The van der Waals surface area contributed by atoms with Gasteiger partial charge in [-0.2, -0.15) is 10.2 Å². The maximum atomic E-state index is 6.20. The van der Waals surface area contributed by atoms with Crippen molar-refractivity contribution in [2.75, 3.05) is 0 Å². The van der Waals surface area contributed by atoms with Gasteiger partial charge in [0.2, 0.25) is 0 Å². The van der Waals surface area contributed by atoms with Gasteiger partial charge >= 0.3 is 0 Å². The number of rotatable bonds is 2. The lowest BCUT2D eigenvalue weighted by atomic mass is 9.92. The number of nitrogens with two attached hydrogens (primary N) is 1. The first-order chi connectivity index (χ1) is 8.12. The Morgan fingerprint density at radius 1 is 1.24 bits per heavy atom. The zero-order chi connectivity index (χ0) is 12.3. The maximum Gasteiger partial charge on any atom is 0.154 e. The molecule has 0 aromatic heterocycles.